The Morgan fingerprint density at radius 3 is 2.93 bits per heavy atom. The summed E-state index contributed by atoms with van der Waals surface area (Å²) in [5.41, 5.74) is 0.840. The molecule has 0 saturated heterocycles. The van der Waals surface area contributed by atoms with Gasteiger partial charge in [-0.1, -0.05) is 30.3 Å². The van der Waals surface area contributed by atoms with Gasteiger partial charge in [-0.25, -0.2) is 0 Å². The van der Waals surface area contributed by atoms with Crippen molar-refractivity contribution in [2.75, 3.05) is 0 Å². The normalized spacial score (nSPS) is 29.6. The molecule has 0 aromatic heterocycles. The molecule has 1 aromatic carbocycles. The van der Waals surface area contributed by atoms with Crippen molar-refractivity contribution in [2.24, 2.45) is 0 Å². The minimum atomic E-state index is -1.14. The van der Waals surface area contributed by atoms with Gasteiger partial charge in [0.25, 0.3) is 0 Å². The third-order valence-electron chi connectivity index (χ3n) is 3.18. The lowest BCUT2D eigenvalue weighted by Crippen LogP contribution is -2.43. The summed E-state index contributed by atoms with van der Waals surface area (Å²) in [5.74, 6) is 0. The molecule has 80 valence electrons. The fraction of sp³-hybridized carbons (Fsp3) is 0.385. The first-order valence-corrected chi connectivity index (χ1v) is 5.28. The highest BCUT2D eigenvalue weighted by atomic mass is 16.3. The number of aliphatic hydroxyl groups is 2. The predicted molar refractivity (Wildman–Crippen MR) is 59.5 cm³/mol. The second-order valence-corrected chi connectivity index (χ2v) is 4.13. The van der Waals surface area contributed by atoms with Crippen LogP contribution in [0.3, 0.4) is 0 Å². The van der Waals surface area contributed by atoms with E-state index in [0.29, 0.717) is 12.8 Å². The summed E-state index contributed by atoms with van der Waals surface area (Å²) in [6.45, 7) is 3.64. The van der Waals surface area contributed by atoms with Crippen LogP contribution < -0.4 is 0 Å². The molecule has 0 saturated carbocycles. The second-order valence-electron chi connectivity index (χ2n) is 4.13. The highest BCUT2D eigenvalue weighted by Crippen LogP contribution is 2.38. The maximum Gasteiger partial charge on any atom is 0.119 e. The summed E-state index contributed by atoms with van der Waals surface area (Å²) in [4.78, 5) is 0. The summed E-state index contributed by atoms with van der Waals surface area (Å²) >= 11 is 0. The van der Waals surface area contributed by atoms with Gasteiger partial charge in [-0.15, -0.1) is 6.58 Å². The minimum absolute atomic E-state index is 0.394. The van der Waals surface area contributed by atoms with Gasteiger partial charge < -0.3 is 10.2 Å². The molecule has 1 aliphatic rings. The summed E-state index contributed by atoms with van der Waals surface area (Å²) < 4.78 is 0. The predicted octanol–water partition coefficient (Wildman–Crippen LogP) is 1.76. The number of fused-ring (bicyclic) bond motifs is 1. The maximum absolute atomic E-state index is 10.5. The molecule has 0 radical (unpaired) electrons. The van der Waals surface area contributed by atoms with Gasteiger partial charge in [0, 0.05) is 6.42 Å². The quantitative estimate of drug-likeness (QED) is 0.721. The molecule has 2 rings (SSSR count). The van der Waals surface area contributed by atoms with Gasteiger partial charge in [-0.3, -0.25) is 0 Å². The number of hydrogen-bond acceptors (Lipinski definition) is 2. The third-order valence-corrected chi connectivity index (χ3v) is 3.18. The third kappa shape index (κ3) is 1.60. The molecule has 2 atom stereocenters. The van der Waals surface area contributed by atoms with E-state index in [2.05, 4.69) is 6.58 Å². The fourth-order valence-corrected chi connectivity index (χ4v) is 2.34. The van der Waals surface area contributed by atoms with Crippen molar-refractivity contribution >= 4 is 0 Å². The monoisotopic (exact) mass is 204 g/mol. The average molecular weight is 204 g/mol. The van der Waals surface area contributed by atoms with Gasteiger partial charge in [-0.05, 0) is 24.0 Å². The molecule has 1 aliphatic carbocycles. The van der Waals surface area contributed by atoms with Crippen molar-refractivity contribution in [3.05, 3.63) is 48.0 Å². The van der Waals surface area contributed by atoms with Gasteiger partial charge in [0.2, 0.25) is 0 Å². The average Bonchev–Trinajstić information content (AvgIpc) is 2.25. The molecule has 0 unspecified atom stereocenters. The molecular weight excluding hydrogens is 188 g/mol. The molecule has 0 heterocycles. The van der Waals surface area contributed by atoms with Crippen LogP contribution in [0, 0.1) is 0 Å². The van der Waals surface area contributed by atoms with E-state index in [9.17, 15) is 10.2 Å². The van der Waals surface area contributed by atoms with Crippen LogP contribution in [0.5, 0.6) is 0 Å². The topological polar surface area (TPSA) is 40.5 Å². The van der Waals surface area contributed by atoms with E-state index in [1.807, 2.05) is 24.3 Å². The van der Waals surface area contributed by atoms with E-state index in [0.717, 1.165) is 17.5 Å². The van der Waals surface area contributed by atoms with Crippen molar-refractivity contribution in [3.8, 4) is 0 Å². The van der Waals surface area contributed by atoms with Crippen molar-refractivity contribution in [1.82, 2.24) is 0 Å². The summed E-state index contributed by atoms with van der Waals surface area (Å²) in [7, 11) is 0. The van der Waals surface area contributed by atoms with Crippen LogP contribution >= 0.6 is 0 Å². The number of aliphatic hydroxyl groups excluding tert-OH is 1. The molecule has 1 aromatic rings. The van der Waals surface area contributed by atoms with E-state index in [1.54, 1.807) is 6.08 Å². The van der Waals surface area contributed by atoms with E-state index in [1.165, 1.54) is 0 Å². The minimum Gasteiger partial charge on any atom is -0.390 e. The molecule has 2 N–H and O–H groups in total. The van der Waals surface area contributed by atoms with Gasteiger partial charge >= 0.3 is 0 Å². The molecule has 15 heavy (non-hydrogen) atoms. The van der Waals surface area contributed by atoms with Gasteiger partial charge in [-0.2, -0.15) is 0 Å². The van der Waals surface area contributed by atoms with Crippen LogP contribution in [0.1, 0.15) is 24.0 Å². The SMILES string of the molecule is C=CC[C@]1(O)c2ccccc2CC[C@H]1O. The molecule has 0 bridgehead atoms. The largest absolute Gasteiger partial charge is 0.390 e. The smallest absolute Gasteiger partial charge is 0.119 e. The highest BCUT2D eigenvalue weighted by Gasteiger charge is 2.40. The number of rotatable bonds is 2. The lowest BCUT2D eigenvalue weighted by Gasteiger charge is -2.38. The van der Waals surface area contributed by atoms with Crippen LogP contribution in [0.25, 0.3) is 0 Å². The zero-order valence-corrected chi connectivity index (χ0v) is 8.69. The Morgan fingerprint density at radius 2 is 2.20 bits per heavy atom. The molecule has 2 nitrogen and oxygen atoms in total. The van der Waals surface area contributed by atoms with Crippen molar-refractivity contribution in [2.45, 2.75) is 31.0 Å². The zero-order valence-electron chi connectivity index (χ0n) is 8.69. The summed E-state index contributed by atoms with van der Waals surface area (Å²) in [5, 5.41) is 20.4. The van der Waals surface area contributed by atoms with E-state index >= 15 is 0 Å². The summed E-state index contributed by atoms with van der Waals surface area (Å²) in [6.07, 6.45) is 2.81. The Bertz CT molecular complexity index is 373. The van der Waals surface area contributed by atoms with Crippen LogP contribution in [0.4, 0.5) is 0 Å². The Hall–Kier alpha value is -1.12. The summed E-state index contributed by atoms with van der Waals surface area (Å²) in [6, 6.07) is 7.76. The molecule has 0 amide bonds. The van der Waals surface area contributed by atoms with E-state index in [-0.39, 0.29) is 0 Å². The molecule has 0 aliphatic heterocycles. The van der Waals surface area contributed by atoms with E-state index < -0.39 is 11.7 Å². The first kappa shape index (κ1) is 10.4. The first-order chi connectivity index (χ1) is 7.18. The van der Waals surface area contributed by atoms with Crippen LogP contribution in [-0.4, -0.2) is 16.3 Å². The van der Waals surface area contributed by atoms with Crippen molar-refractivity contribution < 1.29 is 10.2 Å². The first-order valence-electron chi connectivity index (χ1n) is 5.28. The Balaban J connectivity index is 2.49. The Morgan fingerprint density at radius 1 is 1.47 bits per heavy atom. The van der Waals surface area contributed by atoms with Gasteiger partial charge in [0.1, 0.15) is 5.60 Å². The maximum atomic E-state index is 10.5. The Labute approximate surface area is 89.9 Å². The van der Waals surface area contributed by atoms with Crippen LogP contribution in [-0.2, 0) is 12.0 Å². The molecule has 0 fully saturated rings. The molecule has 2 heteroatoms. The molecular formula is C13H16O2. The highest BCUT2D eigenvalue weighted by molar-refractivity contribution is 5.36. The number of hydrogen-bond donors (Lipinski definition) is 2. The van der Waals surface area contributed by atoms with Gasteiger partial charge in [0.05, 0.1) is 6.10 Å². The second kappa shape index (κ2) is 3.80. The van der Waals surface area contributed by atoms with Crippen LogP contribution in [0.15, 0.2) is 36.9 Å². The van der Waals surface area contributed by atoms with Crippen molar-refractivity contribution in [1.29, 1.82) is 0 Å². The zero-order chi connectivity index (χ0) is 10.9. The van der Waals surface area contributed by atoms with Crippen LogP contribution in [0.2, 0.25) is 0 Å². The molecule has 0 spiro atoms. The van der Waals surface area contributed by atoms with Crippen molar-refractivity contribution in [3.63, 3.8) is 0 Å². The Kier molecular flexibility index (Phi) is 2.63. The standard InChI is InChI=1S/C13H16O2/c1-2-9-13(15)11-6-4-3-5-10(11)7-8-12(13)14/h2-6,12,14-15H,1,7-9H2/t12-,13+/m1/s1. The number of benzene rings is 1. The lowest BCUT2D eigenvalue weighted by molar-refractivity contribution is -0.0880. The van der Waals surface area contributed by atoms with E-state index in [4.69, 9.17) is 0 Å². The fourth-order valence-electron chi connectivity index (χ4n) is 2.34. The van der Waals surface area contributed by atoms with Gasteiger partial charge in [0.15, 0.2) is 0 Å². The number of aryl methyl sites for hydroxylation is 1. The lowest BCUT2D eigenvalue weighted by atomic mass is 9.75.